The Hall–Kier alpha value is -1.76. The molecular formula is C15H22N4O2S. The first kappa shape index (κ1) is 15.1. The van der Waals surface area contributed by atoms with Crippen LogP contribution in [0.4, 0.5) is 9.80 Å². The molecular weight excluding hydrogens is 300 g/mol. The van der Waals surface area contributed by atoms with Crippen molar-refractivity contribution in [3.05, 3.63) is 17.5 Å². The zero-order valence-electron chi connectivity index (χ0n) is 12.8. The lowest BCUT2D eigenvalue weighted by Crippen LogP contribution is -2.56. The Kier molecular flexibility index (Phi) is 4.52. The van der Waals surface area contributed by atoms with E-state index < -0.39 is 0 Å². The highest BCUT2D eigenvalue weighted by Gasteiger charge is 2.27. The van der Waals surface area contributed by atoms with Crippen molar-refractivity contribution < 1.29 is 9.59 Å². The lowest BCUT2D eigenvalue weighted by atomic mass is 10.1. The van der Waals surface area contributed by atoms with Crippen LogP contribution in [0.2, 0.25) is 0 Å². The molecule has 0 saturated carbocycles. The molecule has 2 saturated heterocycles. The Labute approximate surface area is 134 Å². The standard InChI is InChI=1S/C15H22N4O2S/c1-17-11-12(4-5-13(17)20)16-15(21)19-8-6-18(7-9-19)14-3-2-10-22-14/h2-3,10,12H,4-9,11H2,1H3,(H,16,21). The number of rotatable bonds is 2. The fraction of sp³-hybridized carbons (Fsp3) is 0.600. The molecule has 1 N–H and O–H groups in total. The van der Waals surface area contributed by atoms with Gasteiger partial charge in [0, 0.05) is 52.2 Å². The molecule has 2 aliphatic heterocycles. The van der Waals surface area contributed by atoms with Gasteiger partial charge in [0.05, 0.1) is 5.00 Å². The van der Waals surface area contributed by atoms with Gasteiger partial charge in [-0.25, -0.2) is 4.79 Å². The smallest absolute Gasteiger partial charge is 0.317 e. The van der Waals surface area contributed by atoms with E-state index in [2.05, 4.69) is 27.7 Å². The Morgan fingerprint density at radius 1 is 1.32 bits per heavy atom. The van der Waals surface area contributed by atoms with Gasteiger partial charge in [-0.1, -0.05) is 0 Å². The average Bonchev–Trinajstić information content (AvgIpc) is 3.05. The van der Waals surface area contributed by atoms with E-state index >= 15 is 0 Å². The quantitative estimate of drug-likeness (QED) is 0.890. The number of nitrogens with one attached hydrogen (secondary N) is 1. The van der Waals surface area contributed by atoms with Crippen LogP contribution in [0.25, 0.3) is 0 Å². The highest BCUT2D eigenvalue weighted by atomic mass is 32.1. The highest BCUT2D eigenvalue weighted by molar-refractivity contribution is 7.14. The Balaban J connectivity index is 1.47. The Bertz CT molecular complexity index is 526. The number of hydrogen-bond acceptors (Lipinski definition) is 4. The number of carbonyl (C=O) groups is 2. The molecule has 6 nitrogen and oxygen atoms in total. The van der Waals surface area contributed by atoms with Crippen LogP contribution in [0.15, 0.2) is 17.5 Å². The molecule has 0 bridgehead atoms. The van der Waals surface area contributed by atoms with Crippen molar-refractivity contribution >= 4 is 28.3 Å². The summed E-state index contributed by atoms with van der Waals surface area (Å²) in [6.07, 6.45) is 1.26. The van der Waals surface area contributed by atoms with Gasteiger partial charge in [-0.2, -0.15) is 0 Å². The first-order valence-corrected chi connectivity index (χ1v) is 8.59. The molecule has 3 rings (SSSR count). The van der Waals surface area contributed by atoms with E-state index in [1.165, 1.54) is 5.00 Å². The lowest BCUT2D eigenvalue weighted by molar-refractivity contribution is -0.132. The number of thiophene rings is 1. The van der Waals surface area contributed by atoms with Crippen molar-refractivity contribution in [3.8, 4) is 0 Å². The second-order valence-corrected chi connectivity index (χ2v) is 6.81. The van der Waals surface area contributed by atoms with Crippen LogP contribution in [-0.2, 0) is 4.79 Å². The predicted molar refractivity (Wildman–Crippen MR) is 87.3 cm³/mol. The maximum Gasteiger partial charge on any atom is 0.317 e. The summed E-state index contributed by atoms with van der Waals surface area (Å²) < 4.78 is 0. The van der Waals surface area contributed by atoms with E-state index in [9.17, 15) is 9.59 Å². The van der Waals surface area contributed by atoms with E-state index in [1.54, 1.807) is 23.3 Å². The number of carbonyl (C=O) groups excluding carboxylic acids is 2. The summed E-state index contributed by atoms with van der Waals surface area (Å²) in [6, 6.07) is 4.25. The first-order valence-electron chi connectivity index (χ1n) is 7.71. The van der Waals surface area contributed by atoms with Crippen LogP contribution >= 0.6 is 11.3 Å². The Morgan fingerprint density at radius 2 is 2.09 bits per heavy atom. The van der Waals surface area contributed by atoms with Crippen molar-refractivity contribution in [1.29, 1.82) is 0 Å². The number of anilines is 1. The number of piperidine rings is 1. The summed E-state index contributed by atoms with van der Waals surface area (Å²) in [5.41, 5.74) is 0. The van der Waals surface area contributed by atoms with Gasteiger partial charge in [-0.15, -0.1) is 11.3 Å². The number of hydrogen-bond donors (Lipinski definition) is 1. The summed E-state index contributed by atoms with van der Waals surface area (Å²) in [5.74, 6) is 0.162. The first-order chi connectivity index (χ1) is 10.6. The van der Waals surface area contributed by atoms with Crippen LogP contribution in [-0.4, -0.2) is 67.6 Å². The molecule has 3 heterocycles. The average molecular weight is 322 g/mol. The summed E-state index contributed by atoms with van der Waals surface area (Å²) in [5, 5.41) is 6.42. The SMILES string of the molecule is CN1CC(NC(=O)N2CCN(c3cccs3)CC2)CCC1=O. The van der Waals surface area contributed by atoms with Crippen molar-refractivity contribution in [2.24, 2.45) is 0 Å². The minimum atomic E-state index is -0.00132. The third-order valence-corrected chi connectivity index (χ3v) is 5.27. The number of amides is 3. The van der Waals surface area contributed by atoms with Gasteiger partial charge in [0.1, 0.15) is 0 Å². The molecule has 0 aromatic carbocycles. The van der Waals surface area contributed by atoms with Crippen molar-refractivity contribution in [2.45, 2.75) is 18.9 Å². The maximum absolute atomic E-state index is 12.3. The van der Waals surface area contributed by atoms with Crippen LogP contribution in [0.3, 0.4) is 0 Å². The van der Waals surface area contributed by atoms with E-state index in [0.29, 0.717) is 13.0 Å². The van der Waals surface area contributed by atoms with E-state index in [-0.39, 0.29) is 18.0 Å². The molecule has 0 radical (unpaired) electrons. The molecule has 2 aliphatic rings. The van der Waals surface area contributed by atoms with Gasteiger partial charge in [0.15, 0.2) is 0 Å². The monoisotopic (exact) mass is 322 g/mol. The molecule has 1 atom stereocenters. The molecule has 22 heavy (non-hydrogen) atoms. The molecule has 1 aromatic heterocycles. The van der Waals surface area contributed by atoms with Gasteiger partial charge < -0.3 is 20.0 Å². The van der Waals surface area contributed by atoms with Gasteiger partial charge in [0.2, 0.25) is 5.91 Å². The third-order valence-electron chi connectivity index (χ3n) is 4.34. The number of likely N-dealkylation sites (N-methyl/N-ethyl adjacent to an activating group) is 1. The largest absolute Gasteiger partial charge is 0.360 e. The van der Waals surface area contributed by atoms with Crippen molar-refractivity contribution in [3.63, 3.8) is 0 Å². The number of piperazine rings is 1. The summed E-state index contributed by atoms with van der Waals surface area (Å²) in [6.45, 7) is 3.84. The Morgan fingerprint density at radius 3 is 2.73 bits per heavy atom. The molecule has 0 spiro atoms. The van der Waals surface area contributed by atoms with E-state index in [4.69, 9.17) is 0 Å². The van der Waals surface area contributed by atoms with Gasteiger partial charge >= 0.3 is 6.03 Å². The lowest BCUT2D eigenvalue weighted by Gasteiger charge is -2.37. The highest BCUT2D eigenvalue weighted by Crippen LogP contribution is 2.22. The normalized spacial score (nSPS) is 22.9. The minimum Gasteiger partial charge on any atom is -0.360 e. The zero-order chi connectivity index (χ0) is 15.5. The summed E-state index contributed by atoms with van der Waals surface area (Å²) in [7, 11) is 1.79. The van der Waals surface area contributed by atoms with Crippen LogP contribution in [0.1, 0.15) is 12.8 Å². The van der Waals surface area contributed by atoms with Gasteiger partial charge in [-0.3, -0.25) is 4.79 Å². The number of likely N-dealkylation sites (tertiary alicyclic amines) is 1. The topological polar surface area (TPSA) is 55.9 Å². The molecule has 0 aliphatic carbocycles. The van der Waals surface area contributed by atoms with E-state index in [1.807, 2.05) is 4.90 Å². The molecule has 1 aromatic rings. The summed E-state index contributed by atoms with van der Waals surface area (Å²) in [4.78, 5) is 29.7. The zero-order valence-corrected chi connectivity index (χ0v) is 13.6. The molecule has 120 valence electrons. The fourth-order valence-corrected chi connectivity index (χ4v) is 3.76. The molecule has 3 amide bonds. The fourth-order valence-electron chi connectivity index (χ4n) is 2.98. The van der Waals surface area contributed by atoms with Crippen molar-refractivity contribution in [1.82, 2.24) is 15.1 Å². The predicted octanol–water partition coefficient (Wildman–Crippen LogP) is 1.20. The second-order valence-electron chi connectivity index (χ2n) is 5.88. The van der Waals surface area contributed by atoms with Crippen LogP contribution in [0.5, 0.6) is 0 Å². The minimum absolute atomic E-state index is 0.00132. The molecule has 2 fully saturated rings. The van der Waals surface area contributed by atoms with Crippen molar-refractivity contribution in [2.75, 3.05) is 44.7 Å². The summed E-state index contributed by atoms with van der Waals surface area (Å²) >= 11 is 1.74. The van der Waals surface area contributed by atoms with Gasteiger partial charge in [0.25, 0.3) is 0 Å². The number of urea groups is 1. The molecule has 1 unspecified atom stereocenters. The molecule has 7 heteroatoms. The maximum atomic E-state index is 12.3. The van der Waals surface area contributed by atoms with E-state index in [0.717, 1.165) is 32.6 Å². The third kappa shape index (κ3) is 3.35. The second kappa shape index (κ2) is 6.56. The van der Waals surface area contributed by atoms with Crippen LogP contribution < -0.4 is 10.2 Å². The number of nitrogens with zero attached hydrogens (tertiary/aromatic N) is 3. The van der Waals surface area contributed by atoms with Crippen LogP contribution in [0, 0.1) is 0 Å². The van der Waals surface area contributed by atoms with Gasteiger partial charge in [-0.05, 0) is 23.9 Å².